The van der Waals surface area contributed by atoms with Gasteiger partial charge in [0.05, 0.1) is 6.54 Å². The number of β-amino-alcohol motifs (C(OH)–C–C–N with tert-alkyl or cyclic N) is 1. The molecule has 2 aromatic carbocycles. The highest BCUT2D eigenvalue weighted by Gasteiger charge is 2.49. The molecule has 0 saturated carbocycles. The lowest BCUT2D eigenvalue weighted by Gasteiger charge is -2.23. The average Bonchev–Trinajstić information content (AvgIpc) is 2.91. The number of hydrogen-bond donors (Lipinski definition) is 2. The fourth-order valence-corrected chi connectivity index (χ4v) is 3.51. The summed E-state index contributed by atoms with van der Waals surface area (Å²) < 4.78 is 5.76. The zero-order valence-electron chi connectivity index (χ0n) is 16.7. The van der Waals surface area contributed by atoms with Gasteiger partial charge in [-0.1, -0.05) is 55.8 Å². The maximum Gasteiger partial charge on any atom is 0.325 e. The van der Waals surface area contributed by atoms with Crippen LogP contribution < -0.4 is 10.1 Å². The van der Waals surface area contributed by atoms with Crippen molar-refractivity contribution in [3.8, 4) is 5.75 Å². The molecule has 29 heavy (non-hydrogen) atoms. The number of carbonyl (C=O) groups excluding carboxylic acids is 2. The van der Waals surface area contributed by atoms with Crippen LogP contribution in [0.3, 0.4) is 0 Å². The first kappa shape index (κ1) is 21.1. The average molecular weight is 417 g/mol. The van der Waals surface area contributed by atoms with Gasteiger partial charge < -0.3 is 15.2 Å². The predicted octanol–water partition coefficient (Wildman–Crippen LogP) is 3.67. The predicted molar refractivity (Wildman–Crippen MR) is 111 cm³/mol. The van der Waals surface area contributed by atoms with Gasteiger partial charge in [0.15, 0.2) is 0 Å². The van der Waals surface area contributed by atoms with Crippen LogP contribution in [0.15, 0.2) is 48.5 Å². The minimum absolute atomic E-state index is 0.0293. The maximum atomic E-state index is 12.9. The normalized spacial score (nSPS) is 20.1. The molecule has 1 saturated heterocycles. The zero-order chi connectivity index (χ0) is 21.2. The molecule has 7 heteroatoms. The van der Waals surface area contributed by atoms with Crippen LogP contribution in [0.4, 0.5) is 4.79 Å². The number of nitrogens with zero attached hydrogens (tertiary/aromatic N) is 1. The number of amides is 3. The van der Waals surface area contributed by atoms with Crippen LogP contribution in [0.5, 0.6) is 5.75 Å². The number of aliphatic hydroxyl groups is 1. The molecule has 1 fully saturated rings. The molecule has 2 atom stereocenters. The van der Waals surface area contributed by atoms with E-state index in [4.69, 9.17) is 16.3 Å². The Morgan fingerprint density at radius 3 is 2.45 bits per heavy atom. The minimum atomic E-state index is -1.20. The van der Waals surface area contributed by atoms with Crippen molar-refractivity contribution in [2.75, 3.05) is 13.2 Å². The molecule has 6 nitrogen and oxygen atoms in total. The number of hydrogen-bond acceptors (Lipinski definition) is 4. The molecular weight excluding hydrogens is 392 g/mol. The maximum absolute atomic E-state index is 12.9. The first-order valence-electron chi connectivity index (χ1n) is 9.52. The molecule has 0 spiro atoms. The number of para-hydroxylation sites is 1. The lowest BCUT2D eigenvalue weighted by atomic mass is 9.92. The van der Waals surface area contributed by atoms with Crippen molar-refractivity contribution in [1.29, 1.82) is 0 Å². The van der Waals surface area contributed by atoms with Crippen LogP contribution in [0, 0.1) is 0 Å². The molecular formula is C22H25ClN2O4. The summed E-state index contributed by atoms with van der Waals surface area (Å²) in [6, 6.07) is 13.8. The fourth-order valence-electron chi connectivity index (χ4n) is 3.38. The topological polar surface area (TPSA) is 78.9 Å². The second-order valence-corrected chi connectivity index (χ2v) is 8.07. The summed E-state index contributed by atoms with van der Waals surface area (Å²) in [6.07, 6.45) is -1.02. The van der Waals surface area contributed by atoms with E-state index in [0.717, 1.165) is 10.5 Å². The van der Waals surface area contributed by atoms with Crippen molar-refractivity contribution in [2.24, 2.45) is 0 Å². The summed E-state index contributed by atoms with van der Waals surface area (Å²) in [5, 5.41) is 13.7. The van der Waals surface area contributed by atoms with Crippen LogP contribution in [-0.4, -0.2) is 41.2 Å². The molecule has 1 aliphatic rings. The number of nitrogens with one attached hydrogen (secondary N) is 1. The third kappa shape index (κ3) is 4.38. The minimum Gasteiger partial charge on any atom is -0.491 e. The number of urea groups is 1. The Bertz CT molecular complexity index is 900. The molecule has 0 radical (unpaired) electrons. The molecule has 154 valence electrons. The number of ether oxygens (including phenoxy) is 1. The summed E-state index contributed by atoms with van der Waals surface area (Å²) in [5.41, 5.74) is 0.455. The van der Waals surface area contributed by atoms with Gasteiger partial charge in [-0.25, -0.2) is 4.79 Å². The Kier molecular flexibility index (Phi) is 6.15. The first-order valence-corrected chi connectivity index (χ1v) is 9.90. The largest absolute Gasteiger partial charge is 0.491 e. The molecule has 0 aliphatic carbocycles. The van der Waals surface area contributed by atoms with Crippen LogP contribution >= 0.6 is 11.6 Å². The lowest BCUT2D eigenvalue weighted by Crippen LogP contribution is -2.42. The van der Waals surface area contributed by atoms with Crippen molar-refractivity contribution in [3.05, 3.63) is 64.7 Å². The number of imide groups is 1. The lowest BCUT2D eigenvalue weighted by molar-refractivity contribution is -0.132. The van der Waals surface area contributed by atoms with Gasteiger partial charge in [-0.2, -0.15) is 0 Å². The van der Waals surface area contributed by atoms with Gasteiger partial charge >= 0.3 is 6.03 Å². The highest BCUT2D eigenvalue weighted by molar-refractivity contribution is 6.30. The fraction of sp³-hybridized carbons (Fsp3) is 0.364. The van der Waals surface area contributed by atoms with Crippen molar-refractivity contribution in [3.63, 3.8) is 0 Å². The van der Waals surface area contributed by atoms with Crippen molar-refractivity contribution in [1.82, 2.24) is 10.2 Å². The molecule has 0 aromatic heterocycles. The quantitative estimate of drug-likeness (QED) is 0.675. The summed E-state index contributed by atoms with van der Waals surface area (Å²) in [5.74, 6) is 0.533. The van der Waals surface area contributed by atoms with E-state index in [2.05, 4.69) is 19.2 Å². The van der Waals surface area contributed by atoms with Crippen molar-refractivity contribution < 1.29 is 19.4 Å². The number of halogens is 1. The zero-order valence-corrected chi connectivity index (χ0v) is 17.4. The first-order chi connectivity index (χ1) is 13.7. The Morgan fingerprint density at radius 2 is 1.79 bits per heavy atom. The monoisotopic (exact) mass is 416 g/mol. The number of benzene rings is 2. The van der Waals surface area contributed by atoms with E-state index < -0.39 is 23.6 Å². The van der Waals surface area contributed by atoms with Gasteiger partial charge in [-0.05, 0) is 42.2 Å². The van der Waals surface area contributed by atoms with Crippen molar-refractivity contribution in [2.45, 2.75) is 38.3 Å². The van der Waals surface area contributed by atoms with Crippen LogP contribution in [0.25, 0.3) is 0 Å². The Balaban J connectivity index is 1.66. The Labute approximate surface area is 175 Å². The molecule has 3 rings (SSSR count). The molecule has 0 unspecified atom stereocenters. The SMILES string of the molecule is CC(C)c1ccccc1OC[C@@H](O)CN1C(=O)N[C@@](C)(c2ccc(Cl)cc2)C1=O. The summed E-state index contributed by atoms with van der Waals surface area (Å²) in [7, 11) is 0. The van der Waals surface area contributed by atoms with E-state index in [1.807, 2.05) is 24.3 Å². The highest BCUT2D eigenvalue weighted by Crippen LogP contribution is 2.30. The molecule has 3 amide bonds. The number of carbonyl (C=O) groups is 2. The van der Waals surface area contributed by atoms with Gasteiger partial charge in [0.25, 0.3) is 5.91 Å². The Morgan fingerprint density at radius 1 is 1.14 bits per heavy atom. The molecule has 1 heterocycles. The summed E-state index contributed by atoms with van der Waals surface area (Å²) in [4.78, 5) is 26.4. The third-order valence-electron chi connectivity index (χ3n) is 5.06. The van der Waals surface area contributed by atoms with Crippen molar-refractivity contribution >= 4 is 23.5 Å². The molecule has 2 aromatic rings. The van der Waals surface area contributed by atoms with E-state index in [9.17, 15) is 14.7 Å². The molecule has 0 bridgehead atoms. The van der Waals surface area contributed by atoms with E-state index in [0.29, 0.717) is 16.3 Å². The van der Waals surface area contributed by atoms with Gasteiger partial charge in [0.1, 0.15) is 24.0 Å². The van der Waals surface area contributed by atoms with E-state index >= 15 is 0 Å². The van der Waals surface area contributed by atoms with Crippen LogP contribution in [0.2, 0.25) is 5.02 Å². The smallest absolute Gasteiger partial charge is 0.325 e. The second-order valence-electron chi connectivity index (χ2n) is 7.64. The van der Waals surface area contributed by atoms with Gasteiger partial charge in [-0.15, -0.1) is 0 Å². The van der Waals surface area contributed by atoms with E-state index in [1.54, 1.807) is 31.2 Å². The van der Waals surface area contributed by atoms with Gasteiger partial charge in [0, 0.05) is 5.02 Å². The summed E-state index contributed by atoms with van der Waals surface area (Å²) in [6.45, 7) is 5.57. The third-order valence-corrected chi connectivity index (χ3v) is 5.31. The second kappa shape index (κ2) is 8.43. The van der Waals surface area contributed by atoms with Gasteiger partial charge in [-0.3, -0.25) is 9.69 Å². The Hall–Kier alpha value is -2.57. The van der Waals surface area contributed by atoms with Crippen LogP contribution in [-0.2, 0) is 10.3 Å². The van der Waals surface area contributed by atoms with Crippen LogP contribution in [0.1, 0.15) is 37.8 Å². The number of aliphatic hydroxyl groups excluding tert-OH is 1. The van der Waals surface area contributed by atoms with E-state index in [1.165, 1.54) is 0 Å². The summed E-state index contributed by atoms with van der Waals surface area (Å²) >= 11 is 5.91. The molecule has 2 N–H and O–H groups in total. The molecule has 1 aliphatic heterocycles. The number of rotatable bonds is 7. The van der Waals surface area contributed by atoms with Gasteiger partial charge in [0.2, 0.25) is 0 Å². The highest BCUT2D eigenvalue weighted by atomic mass is 35.5. The standard InChI is InChI=1S/C22H25ClN2O4/c1-14(2)18-6-4-5-7-19(18)29-13-17(26)12-25-20(27)22(3,24-21(25)28)15-8-10-16(23)11-9-15/h4-11,14,17,26H,12-13H2,1-3H3,(H,24,28)/t17-,22-/m0/s1. The van der Waals surface area contributed by atoms with E-state index in [-0.39, 0.29) is 19.1 Å².